The van der Waals surface area contributed by atoms with Crippen molar-refractivity contribution in [2.24, 2.45) is 0 Å². The summed E-state index contributed by atoms with van der Waals surface area (Å²) in [5.74, 6) is 0.392. The molecule has 1 aromatic heterocycles. The van der Waals surface area contributed by atoms with Crippen molar-refractivity contribution in [3.05, 3.63) is 48.2 Å². The first kappa shape index (κ1) is 15.8. The number of hydrogen-bond donors (Lipinski definition) is 2. The van der Waals surface area contributed by atoms with E-state index in [1.165, 1.54) is 12.1 Å². The highest BCUT2D eigenvalue weighted by Crippen LogP contribution is 2.34. The molecule has 0 saturated carbocycles. The standard InChI is InChI=1S/C16H20N4O2S/c1-20-11-3-5-15(20)14-4-2-10-18-16(14)19-23(21,22)13-8-6-12(17)7-9-13/h2,4,6-10,15H,3,5,11,17H2,1H3,(H,18,19)/t15-/m1/s1. The first-order chi connectivity index (χ1) is 11.0. The van der Waals surface area contributed by atoms with Gasteiger partial charge in [0.15, 0.2) is 0 Å². The number of anilines is 2. The third-order valence-corrected chi connectivity index (χ3v) is 5.49. The Morgan fingerprint density at radius 3 is 2.65 bits per heavy atom. The molecule has 0 aliphatic carbocycles. The molecule has 0 unspecified atom stereocenters. The van der Waals surface area contributed by atoms with Gasteiger partial charge in [-0.15, -0.1) is 0 Å². The van der Waals surface area contributed by atoms with E-state index in [1.54, 1.807) is 18.3 Å². The Kier molecular flexibility index (Phi) is 4.23. The highest BCUT2D eigenvalue weighted by atomic mass is 32.2. The molecule has 0 bridgehead atoms. The van der Waals surface area contributed by atoms with Gasteiger partial charge in [0, 0.05) is 23.5 Å². The van der Waals surface area contributed by atoms with E-state index >= 15 is 0 Å². The van der Waals surface area contributed by atoms with Gasteiger partial charge in [-0.25, -0.2) is 13.4 Å². The Hall–Kier alpha value is -2.12. The maximum absolute atomic E-state index is 12.6. The second kappa shape index (κ2) is 6.17. The lowest BCUT2D eigenvalue weighted by atomic mass is 10.1. The number of nitrogen functional groups attached to an aromatic ring is 1. The summed E-state index contributed by atoms with van der Waals surface area (Å²) in [6.07, 6.45) is 3.69. The van der Waals surface area contributed by atoms with Gasteiger partial charge in [-0.3, -0.25) is 9.62 Å². The highest BCUT2D eigenvalue weighted by molar-refractivity contribution is 7.92. The number of pyridine rings is 1. The normalized spacial score (nSPS) is 18.9. The molecule has 0 amide bonds. The minimum absolute atomic E-state index is 0.170. The number of nitrogens with one attached hydrogen (secondary N) is 1. The van der Waals surface area contributed by atoms with Crippen LogP contribution in [0, 0.1) is 0 Å². The van der Waals surface area contributed by atoms with Crippen molar-refractivity contribution in [1.82, 2.24) is 9.88 Å². The van der Waals surface area contributed by atoms with Crippen LogP contribution < -0.4 is 10.5 Å². The third kappa shape index (κ3) is 3.30. The molecule has 2 heterocycles. The SMILES string of the molecule is CN1CCC[C@@H]1c1cccnc1NS(=O)(=O)c1ccc(N)cc1. The Bertz CT molecular complexity index is 790. The summed E-state index contributed by atoms with van der Waals surface area (Å²) in [6, 6.07) is 10.1. The first-order valence-electron chi connectivity index (χ1n) is 7.51. The van der Waals surface area contributed by atoms with Gasteiger partial charge in [0.2, 0.25) is 0 Å². The maximum atomic E-state index is 12.6. The molecule has 1 atom stereocenters. The minimum atomic E-state index is -3.69. The van der Waals surface area contributed by atoms with E-state index in [1.807, 2.05) is 19.2 Å². The van der Waals surface area contributed by atoms with Crippen LogP contribution in [0.2, 0.25) is 0 Å². The molecule has 3 N–H and O–H groups in total. The summed E-state index contributed by atoms with van der Waals surface area (Å²) < 4.78 is 27.7. The molecule has 6 nitrogen and oxygen atoms in total. The van der Waals surface area contributed by atoms with E-state index in [2.05, 4.69) is 14.6 Å². The molecule has 23 heavy (non-hydrogen) atoms. The number of nitrogens with two attached hydrogens (primary N) is 1. The lowest BCUT2D eigenvalue weighted by molar-refractivity contribution is 0.318. The van der Waals surface area contributed by atoms with E-state index < -0.39 is 10.0 Å². The number of hydrogen-bond acceptors (Lipinski definition) is 5. The summed E-state index contributed by atoms with van der Waals surface area (Å²) in [5.41, 5.74) is 7.04. The fraction of sp³-hybridized carbons (Fsp3) is 0.312. The number of benzene rings is 1. The molecule has 3 rings (SSSR count). The molecule has 1 saturated heterocycles. The van der Waals surface area contributed by atoms with Crippen molar-refractivity contribution < 1.29 is 8.42 Å². The molecule has 2 aromatic rings. The Labute approximate surface area is 136 Å². The monoisotopic (exact) mass is 332 g/mol. The van der Waals surface area contributed by atoms with Crippen LogP contribution in [0.4, 0.5) is 11.5 Å². The predicted octanol–water partition coefficient (Wildman–Crippen LogP) is 2.23. The van der Waals surface area contributed by atoms with Crippen LogP contribution in [0.3, 0.4) is 0 Å². The molecule has 1 aliphatic rings. The van der Waals surface area contributed by atoms with Crippen molar-refractivity contribution in [3.8, 4) is 0 Å². The third-order valence-electron chi connectivity index (χ3n) is 4.14. The van der Waals surface area contributed by atoms with Gasteiger partial charge >= 0.3 is 0 Å². The molecule has 1 fully saturated rings. The van der Waals surface area contributed by atoms with Crippen LogP contribution in [0.15, 0.2) is 47.5 Å². The number of nitrogens with zero attached hydrogens (tertiary/aromatic N) is 2. The smallest absolute Gasteiger partial charge is 0.263 e. The summed E-state index contributed by atoms with van der Waals surface area (Å²) in [4.78, 5) is 6.63. The van der Waals surface area contributed by atoms with E-state index in [9.17, 15) is 8.42 Å². The van der Waals surface area contributed by atoms with Crippen LogP contribution in [0.5, 0.6) is 0 Å². The zero-order valence-corrected chi connectivity index (χ0v) is 13.8. The van der Waals surface area contributed by atoms with Gasteiger partial charge in [-0.1, -0.05) is 6.07 Å². The molecule has 1 aliphatic heterocycles. The van der Waals surface area contributed by atoms with Crippen LogP contribution in [-0.4, -0.2) is 31.9 Å². The van der Waals surface area contributed by atoms with Gasteiger partial charge in [0.25, 0.3) is 10.0 Å². The zero-order chi connectivity index (χ0) is 16.4. The minimum Gasteiger partial charge on any atom is -0.399 e. The predicted molar refractivity (Wildman–Crippen MR) is 90.5 cm³/mol. The van der Waals surface area contributed by atoms with Gasteiger partial charge in [-0.2, -0.15) is 0 Å². The average Bonchev–Trinajstić information content (AvgIpc) is 2.94. The molecular formula is C16H20N4O2S. The molecule has 0 spiro atoms. The summed E-state index contributed by atoms with van der Waals surface area (Å²) in [7, 11) is -1.64. The summed E-state index contributed by atoms with van der Waals surface area (Å²) in [5, 5.41) is 0. The van der Waals surface area contributed by atoms with Crippen molar-refractivity contribution >= 4 is 21.5 Å². The van der Waals surface area contributed by atoms with Crippen LogP contribution in [0.1, 0.15) is 24.4 Å². The Morgan fingerprint density at radius 2 is 2.00 bits per heavy atom. The molecular weight excluding hydrogens is 312 g/mol. The van der Waals surface area contributed by atoms with E-state index in [-0.39, 0.29) is 10.9 Å². The van der Waals surface area contributed by atoms with Crippen molar-refractivity contribution in [2.75, 3.05) is 24.0 Å². The lowest BCUT2D eigenvalue weighted by Crippen LogP contribution is -2.21. The summed E-state index contributed by atoms with van der Waals surface area (Å²) in [6.45, 7) is 1.00. The number of sulfonamides is 1. The second-order valence-electron chi connectivity index (χ2n) is 5.75. The van der Waals surface area contributed by atoms with Crippen molar-refractivity contribution in [3.63, 3.8) is 0 Å². The van der Waals surface area contributed by atoms with Gasteiger partial charge < -0.3 is 5.73 Å². The topological polar surface area (TPSA) is 88.3 Å². The number of rotatable bonds is 4. The molecule has 1 aromatic carbocycles. The number of likely N-dealkylation sites (tertiary alicyclic amines) is 1. The fourth-order valence-electron chi connectivity index (χ4n) is 2.91. The van der Waals surface area contributed by atoms with Gasteiger partial charge in [0.1, 0.15) is 5.82 Å². The molecule has 122 valence electrons. The fourth-order valence-corrected chi connectivity index (χ4v) is 3.95. The van der Waals surface area contributed by atoms with Crippen molar-refractivity contribution in [1.29, 1.82) is 0 Å². The Morgan fingerprint density at radius 1 is 1.26 bits per heavy atom. The van der Waals surface area contributed by atoms with E-state index in [0.717, 1.165) is 24.9 Å². The van der Waals surface area contributed by atoms with Crippen LogP contribution in [-0.2, 0) is 10.0 Å². The maximum Gasteiger partial charge on any atom is 0.263 e. The van der Waals surface area contributed by atoms with Gasteiger partial charge in [0.05, 0.1) is 4.90 Å². The lowest BCUT2D eigenvalue weighted by Gasteiger charge is -2.22. The quantitative estimate of drug-likeness (QED) is 0.838. The first-order valence-corrected chi connectivity index (χ1v) is 8.99. The largest absolute Gasteiger partial charge is 0.399 e. The molecule has 7 heteroatoms. The second-order valence-corrected chi connectivity index (χ2v) is 7.44. The van der Waals surface area contributed by atoms with Crippen molar-refractivity contribution in [2.45, 2.75) is 23.8 Å². The van der Waals surface area contributed by atoms with Crippen LogP contribution in [0.25, 0.3) is 0 Å². The average molecular weight is 332 g/mol. The summed E-state index contributed by atoms with van der Waals surface area (Å²) >= 11 is 0. The van der Waals surface area contributed by atoms with E-state index in [0.29, 0.717) is 11.5 Å². The van der Waals surface area contributed by atoms with Gasteiger partial charge in [-0.05, 0) is 56.8 Å². The number of aromatic nitrogens is 1. The Balaban J connectivity index is 1.92. The zero-order valence-electron chi connectivity index (χ0n) is 12.9. The van der Waals surface area contributed by atoms with Crippen LogP contribution >= 0.6 is 0 Å². The molecule has 0 radical (unpaired) electrons. The highest BCUT2D eigenvalue weighted by Gasteiger charge is 2.27. The van der Waals surface area contributed by atoms with E-state index in [4.69, 9.17) is 5.73 Å².